The first-order chi connectivity index (χ1) is 8.45. The summed E-state index contributed by atoms with van der Waals surface area (Å²) < 4.78 is 5.71. The standard InChI is InChI=1S/C15H25NO2/c1-12-11-13(15(2,3)4)5-6-14(12)18-10-8-16-7-9-17/h5-6,11,16-17H,7-10H2,1-4H3. The second-order valence-electron chi connectivity index (χ2n) is 5.55. The lowest BCUT2D eigenvalue weighted by Crippen LogP contribution is -2.24. The second-order valence-corrected chi connectivity index (χ2v) is 5.55. The Hall–Kier alpha value is -1.06. The van der Waals surface area contributed by atoms with Crippen molar-refractivity contribution in [2.45, 2.75) is 33.1 Å². The monoisotopic (exact) mass is 251 g/mol. The lowest BCUT2D eigenvalue weighted by atomic mass is 9.86. The van der Waals surface area contributed by atoms with Crippen LogP contribution in [0.2, 0.25) is 0 Å². The average molecular weight is 251 g/mol. The highest BCUT2D eigenvalue weighted by molar-refractivity contribution is 5.38. The minimum absolute atomic E-state index is 0.166. The molecule has 1 aromatic carbocycles. The van der Waals surface area contributed by atoms with Crippen LogP contribution in [0.4, 0.5) is 0 Å². The molecule has 2 N–H and O–H groups in total. The van der Waals surface area contributed by atoms with Gasteiger partial charge in [0.2, 0.25) is 0 Å². The third-order valence-corrected chi connectivity index (χ3v) is 2.87. The Morgan fingerprint density at radius 1 is 1.22 bits per heavy atom. The van der Waals surface area contributed by atoms with E-state index in [0.717, 1.165) is 12.3 Å². The molecule has 102 valence electrons. The quantitative estimate of drug-likeness (QED) is 0.762. The van der Waals surface area contributed by atoms with E-state index in [1.807, 2.05) is 6.07 Å². The van der Waals surface area contributed by atoms with Gasteiger partial charge in [0.05, 0.1) is 6.61 Å². The second kappa shape index (κ2) is 6.76. The zero-order valence-electron chi connectivity index (χ0n) is 11.9. The lowest BCUT2D eigenvalue weighted by molar-refractivity contribution is 0.275. The summed E-state index contributed by atoms with van der Waals surface area (Å²) in [6.07, 6.45) is 0. The zero-order chi connectivity index (χ0) is 13.6. The Morgan fingerprint density at radius 2 is 1.94 bits per heavy atom. The predicted molar refractivity (Wildman–Crippen MR) is 75.3 cm³/mol. The largest absolute Gasteiger partial charge is 0.492 e. The summed E-state index contributed by atoms with van der Waals surface area (Å²) in [6.45, 7) is 10.9. The average Bonchev–Trinajstić information content (AvgIpc) is 2.29. The predicted octanol–water partition coefficient (Wildman–Crippen LogP) is 2.25. The number of ether oxygens (including phenoxy) is 1. The van der Waals surface area contributed by atoms with Gasteiger partial charge in [-0.3, -0.25) is 0 Å². The summed E-state index contributed by atoms with van der Waals surface area (Å²) in [6, 6.07) is 6.36. The minimum atomic E-state index is 0.166. The molecule has 0 spiro atoms. The Labute approximate surface area is 110 Å². The van der Waals surface area contributed by atoms with Gasteiger partial charge in [-0.05, 0) is 29.5 Å². The summed E-state index contributed by atoms with van der Waals surface area (Å²) in [5.41, 5.74) is 2.67. The van der Waals surface area contributed by atoms with Gasteiger partial charge in [0.25, 0.3) is 0 Å². The van der Waals surface area contributed by atoms with Crippen molar-refractivity contribution in [1.29, 1.82) is 0 Å². The van der Waals surface area contributed by atoms with Crippen LogP contribution in [-0.4, -0.2) is 31.4 Å². The molecule has 0 saturated heterocycles. The SMILES string of the molecule is Cc1cc(C(C)(C)C)ccc1OCCNCCO. The smallest absolute Gasteiger partial charge is 0.122 e. The summed E-state index contributed by atoms with van der Waals surface area (Å²) in [5.74, 6) is 0.939. The van der Waals surface area contributed by atoms with Crippen LogP contribution in [0.1, 0.15) is 31.9 Å². The van der Waals surface area contributed by atoms with Gasteiger partial charge in [-0.15, -0.1) is 0 Å². The summed E-state index contributed by atoms with van der Waals surface area (Å²) in [4.78, 5) is 0. The Kier molecular flexibility index (Phi) is 5.63. The van der Waals surface area contributed by atoms with Crippen LogP contribution in [0.3, 0.4) is 0 Å². The van der Waals surface area contributed by atoms with Crippen molar-refractivity contribution in [2.24, 2.45) is 0 Å². The van der Waals surface area contributed by atoms with Crippen molar-refractivity contribution >= 4 is 0 Å². The molecule has 0 aliphatic rings. The van der Waals surface area contributed by atoms with E-state index in [2.05, 4.69) is 45.1 Å². The molecule has 1 rings (SSSR count). The first kappa shape index (κ1) is 15.0. The van der Waals surface area contributed by atoms with Crippen molar-refractivity contribution < 1.29 is 9.84 Å². The van der Waals surface area contributed by atoms with Crippen molar-refractivity contribution in [1.82, 2.24) is 5.32 Å². The molecule has 0 saturated carbocycles. The van der Waals surface area contributed by atoms with Crippen LogP contribution in [0, 0.1) is 6.92 Å². The maximum atomic E-state index is 8.63. The number of rotatable bonds is 6. The third-order valence-electron chi connectivity index (χ3n) is 2.87. The fraction of sp³-hybridized carbons (Fsp3) is 0.600. The fourth-order valence-electron chi connectivity index (χ4n) is 1.72. The number of aryl methyl sites for hydroxylation is 1. The number of benzene rings is 1. The molecule has 1 aromatic rings. The molecule has 0 unspecified atom stereocenters. The molecular weight excluding hydrogens is 226 g/mol. The topological polar surface area (TPSA) is 41.5 Å². The molecule has 0 radical (unpaired) electrons. The zero-order valence-corrected chi connectivity index (χ0v) is 11.9. The fourth-order valence-corrected chi connectivity index (χ4v) is 1.72. The number of aliphatic hydroxyl groups excluding tert-OH is 1. The van der Waals surface area contributed by atoms with E-state index in [4.69, 9.17) is 9.84 Å². The maximum absolute atomic E-state index is 8.63. The molecule has 3 nitrogen and oxygen atoms in total. The Balaban J connectivity index is 2.53. The van der Waals surface area contributed by atoms with Crippen LogP contribution >= 0.6 is 0 Å². The summed E-state index contributed by atoms with van der Waals surface area (Å²) in [7, 11) is 0. The maximum Gasteiger partial charge on any atom is 0.122 e. The first-order valence-corrected chi connectivity index (χ1v) is 6.50. The number of hydrogen-bond acceptors (Lipinski definition) is 3. The highest BCUT2D eigenvalue weighted by atomic mass is 16.5. The van der Waals surface area contributed by atoms with E-state index in [0.29, 0.717) is 13.2 Å². The number of hydrogen-bond donors (Lipinski definition) is 2. The van der Waals surface area contributed by atoms with Crippen LogP contribution < -0.4 is 10.1 Å². The van der Waals surface area contributed by atoms with Crippen molar-refractivity contribution in [3.8, 4) is 5.75 Å². The highest BCUT2D eigenvalue weighted by Crippen LogP contribution is 2.27. The van der Waals surface area contributed by atoms with E-state index < -0.39 is 0 Å². The van der Waals surface area contributed by atoms with Crippen molar-refractivity contribution in [2.75, 3.05) is 26.3 Å². The van der Waals surface area contributed by atoms with Gasteiger partial charge in [-0.1, -0.05) is 32.9 Å². The van der Waals surface area contributed by atoms with Crippen LogP contribution in [0.25, 0.3) is 0 Å². The minimum Gasteiger partial charge on any atom is -0.492 e. The summed E-state index contributed by atoms with van der Waals surface area (Å²) in [5, 5.41) is 11.7. The Morgan fingerprint density at radius 3 is 2.50 bits per heavy atom. The van der Waals surface area contributed by atoms with Crippen LogP contribution in [-0.2, 0) is 5.41 Å². The highest BCUT2D eigenvalue weighted by Gasteiger charge is 2.14. The van der Waals surface area contributed by atoms with Gasteiger partial charge in [0.15, 0.2) is 0 Å². The van der Waals surface area contributed by atoms with Crippen LogP contribution in [0.15, 0.2) is 18.2 Å². The van der Waals surface area contributed by atoms with Gasteiger partial charge in [-0.25, -0.2) is 0 Å². The molecule has 3 heteroatoms. The number of aliphatic hydroxyl groups is 1. The molecule has 18 heavy (non-hydrogen) atoms. The molecule has 0 bridgehead atoms. The molecule has 0 atom stereocenters. The molecule has 0 aromatic heterocycles. The van der Waals surface area contributed by atoms with E-state index in [1.165, 1.54) is 11.1 Å². The number of nitrogens with one attached hydrogen (secondary N) is 1. The summed E-state index contributed by atoms with van der Waals surface area (Å²) >= 11 is 0. The van der Waals surface area contributed by atoms with E-state index in [9.17, 15) is 0 Å². The van der Waals surface area contributed by atoms with Gasteiger partial charge < -0.3 is 15.2 Å². The lowest BCUT2D eigenvalue weighted by Gasteiger charge is -2.20. The molecule has 0 amide bonds. The van der Waals surface area contributed by atoms with Crippen molar-refractivity contribution in [3.63, 3.8) is 0 Å². The van der Waals surface area contributed by atoms with Crippen LogP contribution in [0.5, 0.6) is 5.75 Å². The van der Waals surface area contributed by atoms with E-state index >= 15 is 0 Å². The third kappa shape index (κ3) is 4.67. The van der Waals surface area contributed by atoms with Gasteiger partial charge in [0, 0.05) is 13.1 Å². The first-order valence-electron chi connectivity index (χ1n) is 6.50. The molecular formula is C15H25NO2. The molecule has 0 aliphatic carbocycles. The van der Waals surface area contributed by atoms with Gasteiger partial charge in [-0.2, -0.15) is 0 Å². The Bertz CT molecular complexity index is 369. The molecule has 0 heterocycles. The molecule has 0 aliphatic heterocycles. The molecule has 0 fully saturated rings. The normalized spacial score (nSPS) is 11.6. The van der Waals surface area contributed by atoms with E-state index in [1.54, 1.807) is 0 Å². The van der Waals surface area contributed by atoms with Crippen molar-refractivity contribution in [3.05, 3.63) is 29.3 Å². The van der Waals surface area contributed by atoms with E-state index in [-0.39, 0.29) is 12.0 Å². The van der Waals surface area contributed by atoms with Gasteiger partial charge >= 0.3 is 0 Å². The van der Waals surface area contributed by atoms with Gasteiger partial charge in [0.1, 0.15) is 12.4 Å².